The van der Waals surface area contributed by atoms with Gasteiger partial charge in [0.1, 0.15) is 0 Å². The maximum Gasteiger partial charge on any atom is 0.310 e. The number of rotatable bonds is 5. The molecular weight excluding hydrogens is 232 g/mol. The summed E-state index contributed by atoms with van der Waals surface area (Å²) in [6, 6.07) is 6.52. The van der Waals surface area contributed by atoms with E-state index >= 15 is 0 Å². The lowest BCUT2D eigenvalue weighted by molar-refractivity contribution is -0.385. The van der Waals surface area contributed by atoms with Crippen LogP contribution in [0.2, 0.25) is 0 Å². The van der Waals surface area contributed by atoms with Crippen LogP contribution in [-0.2, 0) is 0 Å². The van der Waals surface area contributed by atoms with Gasteiger partial charge in [-0.05, 0) is 44.3 Å². The Kier molecular flexibility index (Phi) is 4.52. The summed E-state index contributed by atoms with van der Waals surface area (Å²) in [4.78, 5) is 10.4. The zero-order valence-corrected chi connectivity index (χ0v) is 10.3. The van der Waals surface area contributed by atoms with Crippen molar-refractivity contribution in [3.05, 3.63) is 34.4 Å². The SMILES string of the molecule is O=[N+]([O-])c1ccccc1OCC[C@H]1CCCNC1. The predicted octanol–water partition coefficient (Wildman–Crippen LogP) is 2.36. The number of nitro benzene ring substituents is 1. The second-order valence-corrected chi connectivity index (χ2v) is 4.57. The highest BCUT2D eigenvalue weighted by Gasteiger charge is 2.16. The molecule has 1 aromatic rings. The van der Waals surface area contributed by atoms with Crippen molar-refractivity contribution in [3.63, 3.8) is 0 Å². The summed E-state index contributed by atoms with van der Waals surface area (Å²) in [6.45, 7) is 2.67. The Hall–Kier alpha value is -1.62. The van der Waals surface area contributed by atoms with E-state index in [1.54, 1.807) is 18.2 Å². The van der Waals surface area contributed by atoms with E-state index in [2.05, 4.69) is 5.32 Å². The zero-order valence-electron chi connectivity index (χ0n) is 10.3. The Bertz CT molecular complexity index is 403. The van der Waals surface area contributed by atoms with Gasteiger partial charge in [-0.2, -0.15) is 0 Å². The molecule has 1 aromatic carbocycles. The first kappa shape index (κ1) is 12.8. The van der Waals surface area contributed by atoms with Crippen LogP contribution in [0.3, 0.4) is 0 Å². The summed E-state index contributed by atoms with van der Waals surface area (Å²) in [5, 5.41) is 14.2. The van der Waals surface area contributed by atoms with Gasteiger partial charge in [0.25, 0.3) is 0 Å². The Morgan fingerprint density at radius 3 is 3.00 bits per heavy atom. The molecule has 98 valence electrons. The molecule has 0 unspecified atom stereocenters. The minimum atomic E-state index is -0.405. The van der Waals surface area contributed by atoms with Gasteiger partial charge in [0.05, 0.1) is 11.5 Å². The number of nitro groups is 1. The molecule has 18 heavy (non-hydrogen) atoms. The molecule has 0 amide bonds. The monoisotopic (exact) mass is 250 g/mol. The fourth-order valence-corrected chi connectivity index (χ4v) is 2.24. The molecule has 1 N–H and O–H groups in total. The van der Waals surface area contributed by atoms with Crippen LogP contribution >= 0.6 is 0 Å². The fraction of sp³-hybridized carbons (Fsp3) is 0.538. The highest BCUT2D eigenvalue weighted by atomic mass is 16.6. The molecule has 0 saturated carbocycles. The maximum absolute atomic E-state index is 10.8. The number of hydrogen-bond donors (Lipinski definition) is 1. The van der Waals surface area contributed by atoms with E-state index in [4.69, 9.17) is 4.74 Å². The van der Waals surface area contributed by atoms with Crippen molar-refractivity contribution in [2.45, 2.75) is 19.3 Å². The van der Waals surface area contributed by atoms with Crippen LogP contribution in [0.4, 0.5) is 5.69 Å². The third kappa shape index (κ3) is 3.43. The van der Waals surface area contributed by atoms with Crippen LogP contribution in [0.1, 0.15) is 19.3 Å². The van der Waals surface area contributed by atoms with Gasteiger partial charge in [0.2, 0.25) is 0 Å². The number of nitrogens with one attached hydrogen (secondary N) is 1. The molecule has 2 rings (SSSR count). The van der Waals surface area contributed by atoms with Crippen LogP contribution in [0.15, 0.2) is 24.3 Å². The molecule has 1 aliphatic rings. The molecule has 5 heteroatoms. The van der Waals surface area contributed by atoms with Crippen molar-refractivity contribution in [2.24, 2.45) is 5.92 Å². The first-order chi connectivity index (χ1) is 8.77. The van der Waals surface area contributed by atoms with Crippen LogP contribution in [0.25, 0.3) is 0 Å². The standard InChI is InChI=1S/C13H18N2O3/c16-15(17)12-5-1-2-6-13(12)18-9-7-11-4-3-8-14-10-11/h1-2,5-6,11,14H,3-4,7-10H2/t11-/m1/s1. The molecular formula is C13H18N2O3. The molecule has 0 aromatic heterocycles. The largest absolute Gasteiger partial charge is 0.487 e. The molecule has 0 aliphatic carbocycles. The highest BCUT2D eigenvalue weighted by Crippen LogP contribution is 2.26. The Balaban J connectivity index is 1.84. The Labute approximate surface area is 106 Å². The summed E-state index contributed by atoms with van der Waals surface area (Å²) in [7, 11) is 0. The van der Waals surface area contributed by atoms with Gasteiger partial charge in [-0.1, -0.05) is 12.1 Å². The van der Waals surface area contributed by atoms with Crippen molar-refractivity contribution in [2.75, 3.05) is 19.7 Å². The maximum atomic E-state index is 10.8. The lowest BCUT2D eigenvalue weighted by Crippen LogP contribution is -2.30. The quantitative estimate of drug-likeness (QED) is 0.643. The van der Waals surface area contributed by atoms with Crippen LogP contribution in [-0.4, -0.2) is 24.6 Å². The van der Waals surface area contributed by atoms with Gasteiger partial charge in [-0.15, -0.1) is 0 Å². The van der Waals surface area contributed by atoms with Crippen LogP contribution in [0.5, 0.6) is 5.75 Å². The van der Waals surface area contributed by atoms with E-state index < -0.39 is 4.92 Å². The third-order valence-corrected chi connectivity index (χ3v) is 3.24. The number of hydrogen-bond acceptors (Lipinski definition) is 4. The molecule has 1 fully saturated rings. The average Bonchev–Trinajstić information content (AvgIpc) is 2.40. The molecule has 1 saturated heterocycles. The van der Waals surface area contributed by atoms with Crippen molar-refractivity contribution in [1.29, 1.82) is 0 Å². The lowest BCUT2D eigenvalue weighted by atomic mass is 9.97. The molecule has 0 spiro atoms. The summed E-state index contributed by atoms with van der Waals surface area (Å²) in [5.74, 6) is 0.993. The molecule has 0 radical (unpaired) electrons. The summed E-state index contributed by atoms with van der Waals surface area (Å²) >= 11 is 0. The third-order valence-electron chi connectivity index (χ3n) is 3.24. The van der Waals surface area contributed by atoms with Crippen LogP contribution < -0.4 is 10.1 Å². The zero-order chi connectivity index (χ0) is 12.8. The topological polar surface area (TPSA) is 64.4 Å². The van der Waals surface area contributed by atoms with E-state index in [1.807, 2.05) is 0 Å². The van der Waals surface area contributed by atoms with Gasteiger partial charge in [-0.3, -0.25) is 10.1 Å². The second kappa shape index (κ2) is 6.35. The molecule has 1 heterocycles. The summed E-state index contributed by atoms with van der Waals surface area (Å²) in [6.07, 6.45) is 3.36. The minimum Gasteiger partial charge on any atom is -0.487 e. The number of para-hydroxylation sites is 2. The normalized spacial score (nSPS) is 19.4. The van der Waals surface area contributed by atoms with Crippen molar-refractivity contribution < 1.29 is 9.66 Å². The summed E-state index contributed by atoms with van der Waals surface area (Å²) < 4.78 is 5.53. The van der Waals surface area contributed by atoms with E-state index in [0.717, 1.165) is 19.5 Å². The van der Waals surface area contributed by atoms with E-state index in [9.17, 15) is 10.1 Å². The Morgan fingerprint density at radius 2 is 2.28 bits per heavy atom. The average molecular weight is 250 g/mol. The van der Waals surface area contributed by atoms with Crippen molar-refractivity contribution >= 4 is 5.69 Å². The summed E-state index contributed by atoms with van der Waals surface area (Å²) in [5.41, 5.74) is 0.0410. The number of ether oxygens (including phenoxy) is 1. The first-order valence-electron chi connectivity index (χ1n) is 6.34. The molecule has 5 nitrogen and oxygen atoms in total. The molecule has 1 aliphatic heterocycles. The number of benzene rings is 1. The van der Waals surface area contributed by atoms with E-state index in [-0.39, 0.29) is 5.69 Å². The van der Waals surface area contributed by atoms with Gasteiger partial charge in [0.15, 0.2) is 5.75 Å². The smallest absolute Gasteiger partial charge is 0.310 e. The van der Waals surface area contributed by atoms with Gasteiger partial charge < -0.3 is 10.1 Å². The minimum absolute atomic E-state index is 0.0410. The first-order valence-corrected chi connectivity index (χ1v) is 6.34. The second-order valence-electron chi connectivity index (χ2n) is 4.57. The lowest BCUT2D eigenvalue weighted by Gasteiger charge is -2.22. The number of nitrogens with zero attached hydrogens (tertiary/aromatic N) is 1. The van der Waals surface area contributed by atoms with Gasteiger partial charge >= 0.3 is 5.69 Å². The van der Waals surface area contributed by atoms with E-state index in [0.29, 0.717) is 18.3 Å². The molecule has 1 atom stereocenters. The van der Waals surface area contributed by atoms with E-state index in [1.165, 1.54) is 18.9 Å². The van der Waals surface area contributed by atoms with Crippen molar-refractivity contribution in [1.82, 2.24) is 5.32 Å². The Morgan fingerprint density at radius 1 is 1.44 bits per heavy atom. The fourth-order valence-electron chi connectivity index (χ4n) is 2.24. The highest BCUT2D eigenvalue weighted by molar-refractivity contribution is 5.45. The predicted molar refractivity (Wildman–Crippen MR) is 68.8 cm³/mol. The number of piperidine rings is 1. The van der Waals surface area contributed by atoms with Gasteiger partial charge in [-0.25, -0.2) is 0 Å². The molecule has 0 bridgehead atoms. The van der Waals surface area contributed by atoms with Gasteiger partial charge in [0, 0.05) is 6.07 Å². The van der Waals surface area contributed by atoms with Crippen molar-refractivity contribution in [3.8, 4) is 5.75 Å². The van der Waals surface area contributed by atoms with Crippen LogP contribution in [0, 0.1) is 16.0 Å².